The fraction of sp³-hybridized carbons (Fsp3) is 0.333. The molecular weight excluding hydrogens is 358 g/mol. The molecule has 1 amide bonds. The highest BCUT2D eigenvalue weighted by atomic mass is 16.5. The average molecular weight is 384 g/mol. The SMILES string of the molecule is COc1cc(/C=C/C(=O)[N+]2(c3ccccn3)CCNCC2)cc(OC)c1OC. The van der Waals surface area contributed by atoms with Crippen LogP contribution in [0.25, 0.3) is 6.08 Å². The van der Waals surface area contributed by atoms with E-state index in [-0.39, 0.29) is 10.4 Å². The van der Waals surface area contributed by atoms with E-state index in [1.807, 2.05) is 30.3 Å². The number of pyridine rings is 1. The van der Waals surface area contributed by atoms with Crippen molar-refractivity contribution in [1.82, 2.24) is 14.8 Å². The van der Waals surface area contributed by atoms with Crippen molar-refractivity contribution in [2.45, 2.75) is 0 Å². The van der Waals surface area contributed by atoms with E-state index in [2.05, 4.69) is 10.3 Å². The summed E-state index contributed by atoms with van der Waals surface area (Å²) < 4.78 is 16.3. The fourth-order valence-corrected chi connectivity index (χ4v) is 3.45. The van der Waals surface area contributed by atoms with E-state index < -0.39 is 0 Å². The van der Waals surface area contributed by atoms with Gasteiger partial charge in [0.1, 0.15) is 13.1 Å². The van der Waals surface area contributed by atoms with Crippen LogP contribution in [0.5, 0.6) is 17.2 Å². The van der Waals surface area contributed by atoms with E-state index in [4.69, 9.17) is 14.2 Å². The van der Waals surface area contributed by atoms with Gasteiger partial charge < -0.3 is 19.5 Å². The average Bonchev–Trinajstić information content (AvgIpc) is 2.77. The maximum atomic E-state index is 13.3. The summed E-state index contributed by atoms with van der Waals surface area (Å²) in [7, 11) is 4.69. The van der Waals surface area contributed by atoms with E-state index in [0.717, 1.165) is 24.5 Å². The van der Waals surface area contributed by atoms with Gasteiger partial charge in [-0.25, -0.2) is 14.3 Å². The first-order chi connectivity index (χ1) is 13.6. The summed E-state index contributed by atoms with van der Waals surface area (Å²) in [6.07, 6.45) is 5.12. The van der Waals surface area contributed by atoms with Gasteiger partial charge in [-0.15, -0.1) is 0 Å². The Labute approximate surface area is 165 Å². The van der Waals surface area contributed by atoms with Crippen LogP contribution in [0.1, 0.15) is 5.56 Å². The number of methoxy groups -OCH3 is 3. The van der Waals surface area contributed by atoms with Gasteiger partial charge in [-0.05, 0) is 29.8 Å². The second-order valence-electron chi connectivity index (χ2n) is 6.48. The number of hydrogen-bond donors (Lipinski definition) is 1. The van der Waals surface area contributed by atoms with Crippen molar-refractivity contribution in [3.05, 3.63) is 48.2 Å². The first-order valence-electron chi connectivity index (χ1n) is 9.16. The molecular formula is C21H26N3O4+. The molecule has 1 saturated heterocycles. The van der Waals surface area contributed by atoms with E-state index in [1.165, 1.54) is 0 Å². The van der Waals surface area contributed by atoms with Crippen molar-refractivity contribution < 1.29 is 19.0 Å². The van der Waals surface area contributed by atoms with Crippen molar-refractivity contribution in [3.8, 4) is 17.2 Å². The molecule has 0 saturated carbocycles. The Hall–Kier alpha value is -2.90. The summed E-state index contributed by atoms with van der Waals surface area (Å²) in [6.45, 7) is 2.85. The van der Waals surface area contributed by atoms with E-state index in [1.54, 1.807) is 39.7 Å². The van der Waals surface area contributed by atoms with Crippen LogP contribution in [0.4, 0.5) is 5.82 Å². The van der Waals surface area contributed by atoms with Crippen LogP contribution in [0, 0.1) is 0 Å². The third-order valence-electron chi connectivity index (χ3n) is 4.96. The number of benzene rings is 1. The summed E-state index contributed by atoms with van der Waals surface area (Å²) in [5.74, 6) is 2.37. The topological polar surface area (TPSA) is 69.7 Å². The molecule has 0 bridgehead atoms. The van der Waals surface area contributed by atoms with Crippen molar-refractivity contribution >= 4 is 17.8 Å². The van der Waals surface area contributed by atoms with Crippen molar-refractivity contribution in [2.24, 2.45) is 0 Å². The lowest BCUT2D eigenvalue weighted by Gasteiger charge is -2.36. The zero-order chi connectivity index (χ0) is 20.0. The fourth-order valence-electron chi connectivity index (χ4n) is 3.45. The number of rotatable bonds is 6. The Morgan fingerprint density at radius 3 is 2.29 bits per heavy atom. The lowest BCUT2D eigenvalue weighted by molar-refractivity contribution is -0.126. The largest absolute Gasteiger partial charge is 0.493 e. The van der Waals surface area contributed by atoms with Crippen LogP contribution < -0.4 is 24.0 Å². The molecule has 7 heteroatoms. The van der Waals surface area contributed by atoms with Gasteiger partial charge in [-0.3, -0.25) is 0 Å². The van der Waals surface area contributed by atoms with Gasteiger partial charge in [0.25, 0.3) is 0 Å². The second kappa shape index (κ2) is 8.86. The van der Waals surface area contributed by atoms with Gasteiger partial charge in [0.05, 0.1) is 21.3 Å². The van der Waals surface area contributed by atoms with Crippen molar-refractivity contribution in [3.63, 3.8) is 0 Å². The Morgan fingerprint density at radius 1 is 1.07 bits per heavy atom. The van der Waals surface area contributed by atoms with Crippen LogP contribution in [0.3, 0.4) is 0 Å². The lowest BCUT2D eigenvalue weighted by atomic mass is 10.1. The maximum absolute atomic E-state index is 13.3. The van der Waals surface area contributed by atoms with Gasteiger partial charge in [0, 0.05) is 31.4 Å². The zero-order valence-corrected chi connectivity index (χ0v) is 16.5. The second-order valence-corrected chi connectivity index (χ2v) is 6.48. The molecule has 1 aromatic carbocycles. The summed E-state index contributed by atoms with van der Waals surface area (Å²) in [4.78, 5) is 17.7. The molecule has 0 radical (unpaired) electrons. The zero-order valence-electron chi connectivity index (χ0n) is 16.5. The van der Waals surface area contributed by atoms with Crippen LogP contribution in [-0.2, 0) is 4.79 Å². The molecule has 148 valence electrons. The number of aromatic nitrogens is 1. The molecule has 0 unspecified atom stereocenters. The Bertz CT molecular complexity index is 821. The number of amides is 1. The predicted molar refractivity (Wildman–Crippen MR) is 109 cm³/mol. The highest BCUT2D eigenvalue weighted by Gasteiger charge is 2.40. The van der Waals surface area contributed by atoms with Gasteiger partial charge >= 0.3 is 5.91 Å². The van der Waals surface area contributed by atoms with Crippen LogP contribution in [0.2, 0.25) is 0 Å². The Balaban J connectivity index is 1.93. The summed E-state index contributed by atoms with van der Waals surface area (Å²) in [5, 5.41) is 3.31. The lowest BCUT2D eigenvalue weighted by Crippen LogP contribution is -2.63. The summed E-state index contributed by atoms with van der Waals surface area (Å²) in [6, 6.07) is 9.32. The van der Waals surface area contributed by atoms with Crippen molar-refractivity contribution in [2.75, 3.05) is 47.5 Å². The maximum Gasteiger partial charge on any atom is 0.345 e. The van der Waals surface area contributed by atoms with Gasteiger partial charge in [-0.2, -0.15) is 0 Å². The third kappa shape index (κ3) is 3.85. The summed E-state index contributed by atoms with van der Waals surface area (Å²) in [5.41, 5.74) is 0.789. The number of piperazine rings is 1. The number of carbonyl (C=O) groups is 1. The minimum atomic E-state index is -0.00560. The quantitative estimate of drug-likeness (QED) is 0.609. The number of nitrogens with one attached hydrogen (secondary N) is 1. The molecule has 1 N–H and O–H groups in total. The minimum Gasteiger partial charge on any atom is -0.493 e. The smallest absolute Gasteiger partial charge is 0.345 e. The molecule has 0 atom stereocenters. The first-order valence-corrected chi connectivity index (χ1v) is 9.16. The number of carbonyl (C=O) groups excluding carboxylic acids is 1. The molecule has 2 heterocycles. The molecule has 0 aliphatic carbocycles. The van der Waals surface area contributed by atoms with Gasteiger partial charge in [0.15, 0.2) is 11.5 Å². The van der Waals surface area contributed by atoms with Gasteiger partial charge in [-0.1, -0.05) is 6.07 Å². The molecule has 2 aromatic rings. The van der Waals surface area contributed by atoms with E-state index in [9.17, 15) is 4.79 Å². The molecule has 0 spiro atoms. The standard InChI is InChI=1S/C21H26N3O4/c1-26-17-14-16(15-18(27-2)21(17)28-3)7-8-20(25)24(12-10-22-11-13-24)19-6-4-5-9-23-19/h4-9,14-15,22H,10-13H2,1-3H3/q+1/b8-7+. The monoisotopic (exact) mass is 384 g/mol. The van der Waals surface area contributed by atoms with Crippen LogP contribution >= 0.6 is 0 Å². The Kier molecular flexibility index (Phi) is 6.28. The number of ether oxygens (including phenoxy) is 3. The number of hydrogen-bond acceptors (Lipinski definition) is 6. The Morgan fingerprint density at radius 2 is 1.75 bits per heavy atom. The number of nitrogens with zero attached hydrogens (tertiary/aromatic N) is 2. The summed E-state index contributed by atoms with van der Waals surface area (Å²) >= 11 is 0. The third-order valence-corrected chi connectivity index (χ3v) is 4.96. The predicted octanol–water partition coefficient (Wildman–Crippen LogP) is 2.26. The molecule has 1 aromatic heterocycles. The van der Waals surface area contributed by atoms with Gasteiger partial charge in [0.2, 0.25) is 11.6 Å². The molecule has 28 heavy (non-hydrogen) atoms. The van der Waals surface area contributed by atoms with Crippen LogP contribution in [0.15, 0.2) is 42.6 Å². The highest BCUT2D eigenvalue weighted by molar-refractivity contribution is 5.99. The number of quaternary nitrogens is 1. The molecule has 1 aliphatic heterocycles. The van der Waals surface area contributed by atoms with Crippen LogP contribution in [-0.4, -0.2) is 58.4 Å². The minimum absolute atomic E-state index is 0.00560. The highest BCUT2D eigenvalue weighted by Crippen LogP contribution is 2.38. The molecule has 1 aliphatic rings. The first kappa shape index (κ1) is 19.9. The van der Waals surface area contributed by atoms with Crippen molar-refractivity contribution in [1.29, 1.82) is 0 Å². The molecule has 7 nitrogen and oxygen atoms in total. The van der Waals surface area contributed by atoms with E-state index in [0.29, 0.717) is 30.3 Å². The molecule has 3 rings (SSSR count). The molecule has 1 fully saturated rings. The normalized spacial score (nSPS) is 16.0. The van der Waals surface area contributed by atoms with E-state index >= 15 is 0 Å².